The first kappa shape index (κ1) is 11.1. The zero-order valence-electron chi connectivity index (χ0n) is 9.32. The molecular formula is C12H16N2O2. The van der Waals surface area contributed by atoms with Gasteiger partial charge < -0.3 is 15.4 Å². The molecule has 86 valence electrons. The summed E-state index contributed by atoms with van der Waals surface area (Å²) in [4.78, 5) is 10.3. The van der Waals surface area contributed by atoms with Crippen LogP contribution in [0.2, 0.25) is 0 Å². The topological polar surface area (TPSA) is 50.4 Å². The van der Waals surface area contributed by atoms with E-state index in [1.54, 1.807) is 0 Å². The van der Waals surface area contributed by atoms with Crippen LogP contribution in [0.5, 0.6) is 0 Å². The van der Waals surface area contributed by atoms with Crippen LogP contribution in [0.4, 0.5) is 5.69 Å². The van der Waals surface area contributed by atoms with Gasteiger partial charge in [0.05, 0.1) is 6.61 Å². The van der Waals surface area contributed by atoms with Crippen LogP contribution < -0.4 is 10.6 Å². The predicted molar refractivity (Wildman–Crippen MR) is 62.3 cm³/mol. The Morgan fingerprint density at radius 1 is 1.44 bits per heavy atom. The molecule has 0 radical (unpaired) electrons. The van der Waals surface area contributed by atoms with E-state index in [1.165, 1.54) is 0 Å². The lowest BCUT2D eigenvalue weighted by Gasteiger charge is -2.34. The normalized spacial score (nSPS) is 25.1. The molecule has 1 heterocycles. The largest absolute Gasteiger partial charge is 0.368 e. The van der Waals surface area contributed by atoms with E-state index in [-0.39, 0.29) is 5.60 Å². The summed E-state index contributed by atoms with van der Waals surface area (Å²) in [6.07, 6.45) is 0.676. The van der Waals surface area contributed by atoms with Crippen molar-refractivity contribution in [2.24, 2.45) is 0 Å². The van der Waals surface area contributed by atoms with Crippen LogP contribution in [0.3, 0.4) is 0 Å². The summed E-state index contributed by atoms with van der Waals surface area (Å²) < 4.78 is 5.80. The van der Waals surface area contributed by atoms with Crippen molar-refractivity contribution >= 4 is 12.1 Å². The van der Waals surface area contributed by atoms with E-state index in [9.17, 15) is 4.79 Å². The van der Waals surface area contributed by atoms with Crippen molar-refractivity contribution < 1.29 is 9.53 Å². The minimum atomic E-state index is -0.266. The first-order valence-corrected chi connectivity index (χ1v) is 5.40. The summed E-state index contributed by atoms with van der Waals surface area (Å²) in [6.45, 7) is 4.51. The Bertz CT molecular complexity index is 356. The summed E-state index contributed by atoms with van der Waals surface area (Å²) in [5.74, 6) is 0. The number of hydrogen-bond donors (Lipinski definition) is 2. The third kappa shape index (κ3) is 2.23. The molecule has 1 aliphatic heterocycles. The maximum atomic E-state index is 10.3. The molecule has 0 bridgehead atoms. The lowest BCUT2D eigenvalue weighted by molar-refractivity contribution is -0.105. The van der Waals surface area contributed by atoms with E-state index in [1.807, 2.05) is 24.3 Å². The maximum Gasteiger partial charge on any atom is 0.211 e. The van der Waals surface area contributed by atoms with E-state index >= 15 is 0 Å². The van der Waals surface area contributed by atoms with Gasteiger partial charge in [-0.15, -0.1) is 0 Å². The molecule has 1 fully saturated rings. The van der Waals surface area contributed by atoms with Gasteiger partial charge in [-0.2, -0.15) is 0 Å². The highest BCUT2D eigenvalue weighted by Gasteiger charge is 2.29. The molecule has 2 rings (SSSR count). The molecule has 1 aliphatic rings. The van der Waals surface area contributed by atoms with Crippen molar-refractivity contribution in [1.82, 2.24) is 5.32 Å². The first-order chi connectivity index (χ1) is 7.74. The van der Waals surface area contributed by atoms with Gasteiger partial charge in [-0.05, 0) is 24.6 Å². The van der Waals surface area contributed by atoms with Crippen LogP contribution in [0.1, 0.15) is 12.5 Å². The number of anilines is 1. The van der Waals surface area contributed by atoms with Gasteiger partial charge in [0.2, 0.25) is 6.41 Å². The SMILES string of the molecule is C[C@@]1(c2ccc(NC=O)cc2)CNCCO1. The highest BCUT2D eigenvalue weighted by atomic mass is 16.5. The number of benzene rings is 1. The third-order valence-corrected chi connectivity index (χ3v) is 2.88. The summed E-state index contributed by atoms with van der Waals surface area (Å²) in [5.41, 5.74) is 1.65. The average molecular weight is 220 g/mol. The Labute approximate surface area is 95.0 Å². The molecule has 16 heavy (non-hydrogen) atoms. The van der Waals surface area contributed by atoms with E-state index in [0.717, 1.165) is 30.9 Å². The predicted octanol–water partition coefficient (Wildman–Crippen LogP) is 1.09. The Hall–Kier alpha value is -1.39. The molecule has 0 aromatic heterocycles. The van der Waals surface area contributed by atoms with Crippen LogP contribution in [0.15, 0.2) is 24.3 Å². The van der Waals surface area contributed by atoms with E-state index in [4.69, 9.17) is 4.74 Å². The molecule has 1 amide bonds. The summed E-state index contributed by atoms with van der Waals surface area (Å²) in [6, 6.07) is 7.73. The van der Waals surface area contributed by atoms with Crippen molar-refractivity contribution in [3.63, 3.8) is 0 Å². The summed E-state index contributed by atoms with van der Waals surface area (Å²) in [7, 11) is 0. The molecule has 1 saturated heterocycles. The van der Waals surface area contributed by atoms with E-state index in [2.05, 4.69) is 17.6 Å². The number of amides is 1. The number of rotatable bonds is 3. The second-order valence-electron chi connectivity index (χ2n) is 4.10. The number of carbonyl (C=O) groups is 1. The third-order valence-electron chi connectivity index (χ3n) is 2.88. The van der Waals surface area contributed by atoms with Gasteiger partial charge in [0.15, 0.2) is 0 Å². The Morgan fingerprint density at radius 3 is 2.75 bits per heavy atom. The highest BCUT2D eigenvalue weighted by Crippen LogP contribution is 2.27. The van der Waals surface area contributed by atoms with E-state index < -0.39 is 0 Å². The molecular weight excluding hydrogens is 204 g/mol. The number of ether oxygens (including phenoxy) is 1. The molecule has 0 aliphatic carbocycles. The zero-order valence-corrected chi connectivity index (χ0v) is 9.32. The second-order valence-corrected chi connectivity index (χ2v) is 4.10. The van der Waals surface area contributed by atoms with Crippen LogP contribution >= 0.6 is 0 Å². The van der Waals surface area contributed by atoms with Gasteiger partial charge in [0, 0.05) is 18.8 Å². The van der Waals surface area contributed by atoms with Gasteiger partial charge >= 0.3 is 0 Å². The average Bonchev–Trinajstić information content (AvgIpc) is 2.31. The molecule has 0 saturated carbocycles. The Morgan fingerprint density at radius 2 is 2.19 bits per heavy atom. The molecule has 1 atom stereocenters. The molecule has 1 aromatic rings. The molecule has 0 unspecified atom stereocenters. The lowest BCUT2D eigenvalue weighted by atomic mass is 9.94. The lowest BCUT2D eigenvalue weighted by Crippen LogP contribution is -2.45. The number of hydrogen-bond acceptors (Lipinski definition) is 3. The minimum absolute atomic E-state index is 0.266. The molecule has 2 N–H and O–H groups in total. The minimum Gasteiger partial charge on any atom is -0.368 e. The van der Waals surface area contributed by atoms with E-state index in [0.29, 0.717) is 6.41 Å². The first-order valence-electron chi connectivity index (χ1n) is 5.40. The zero-order chi connectivity index (χ0) is 11.4. The van der Waals surface area contributed by atoms with Crippen LogP contribution in [-0.2, 0) is 15.1 Å². The van der Waals surface area contributed by atoms with Gasteiger partial charge in [-0.3, -0.25) is 4.79 Å². The number of nitrogens with one attached hydrogen (secondary N) is 2. The van der Waals surface area contributed by atoms with Crippen molar-refractivity contribution in [3.05, 3.63) is 29.8 Å². The molecule has 4 nitrogen and oxygen atoms in total. The number of morpholine rings is 1. The van der Waals surface area contributed by atoms with Crippen LogP contribution in [0.25, 0.3) is 0 Å². The van der Waals surface area contributed by atoms with Gasteiger partial charge in [-0.25, -0.2) is 0 Å². The van der Waals surface area contributed by atoms with Crippen molar-refractivity contribution in [2.75, 3.05) is 25.0 Å². The fourth-order valence-corrected chi connectivity index (χ4v) is 1.90. The molecule has 1 aromatic carbocycles. The second kappa shape index (κ2) is 4.63. The fourth-order valence-electron chi connectivity index (χ4n) is 1.90. The fraction of sp³-hybridized carbons (Fsp3) is 0.417. The maximum absolute atomic E-state index is 10.3. The van der Waals surface area contributed by atoms with Crippen molar-refractivity contribution in [2.45, 2.75) is 12.5 Å². The Balaban J connectivity index is 2.16. The van der Waals surface area contributed by atoms with Gasteiger partial charge in [0.25, 0.3) is 0 Å². The van der Waals surface area contributed by atoms with Crippen molar-refractivity contribution in [3.8, 4) is 0 Å². The summed E-state index contributed by atoms with van der Waals surface area (Å²) in [5, 5.41) is 5.93. The smallest absolute Gasteiger partial charge is 0.211 e. The van der Waals surface area contributed by atoms with Crippen LogP contribution in [-0.4, -0.2) is 26.1 Å². The van der Waals surface area contributed by atoms with Gasteiger partial charge in [-0.1, -0.05) is 12.1 Å². The summed E-state index contributed by atoms with van der Waals surface area (Å²) >= 11 is 0. The Kier molecular flexibility index (Phi) is 3.22. The standard InChI is InChI=1S/C12H16N2O2/c1-12(8-13-6-7-16-12)10-2-4-11(5-3-10)14-9-15/h2-5,9,13H,6-8H2,1H3,(H,14,15)/t12-/m0/s1. The molecule has 4 heteroatoms. The number of carbonyl (C=O) groups excluding carboxylic acids is 1. The van der Waals surface area contributed by atoms with Gasteiger partial charge in [0.1, 0.15) is 5.60 Å². The molecule has 0 spiro atoms. The highest BCUT2D eigenvalue weighted by molar-refractivity contribution is 5.71. The van der Waals surface area contributed by atoms with Crippen LogP contribution in [0, 0.1) is 0 Å². The van der Waals surface area contributed by atoms with Crippen molar-refractivity contribution in [1.29, 1.82) is 0 Å². The quantitative estimate of drug-likeness (QED) is 0.750. The monoisotopic (exact) mass is 220 g/mol.